The van der Waals surface area contributed by atoms with E-state index in [1.165, 1.54) is 90.4 Å². The number of hydrogen-bond donors (Lipinski definition) is 0. The average Bonchev–Trinajstić information content (AvgIpc) is 3.42. The molecule has 0 aromatic carbocycles. The van der Waals surface area contributed by atoms with E-state index in [1.807, 2.05) is 35.9 Å². The second kappa shape index (κ2) is 24.2. The van der Waals surface area contributed by atoms with Crippen molar-refractivity contribution in [2.45, 2.75) is 136 Å². The molecule has 1 fully saturated rings. The molecule has 0 bridgehead atoms. The van der Waals surface area contributed by atoms with E-state index in [9.17, 15) is 9.59 Å². The fourth-order valence-corrected chi connectivity index (χ4v) is 5.33. The van der Waals surface area contributed by atoms with Gasteiger partial charge in [-0.1, -0.05) is 96.5 Å². The Hall–Kier alpha value is -1.26. The molecule has 1 saturated heterocycles. The zero-order chi connectivity index (χ0) is 28.8. The van der Waals surface area contributed by atoms with Crippen molar-refractivity contribution in [3.8, 4) is 0 Å². The van der Waals surface area contributed by atoms with Gasteiger partial charge in [0, 0.05) is 31.6 Å². The number of nitrogens with zero attached hydrogens (tertiary/aromatic N) is 2. The fraction of sp³-hybridized carbons (Fsp3) is 0.788. The maximum atomic E-state index is 12.7. The molecule has 0 radical (unpaired) electrons. The van der Waals surface area contributed by atoms with Gasteiger partial charge in [0.2, 0.25) is 11.6 Å². The maximum absolute atomic E-state index is 12.7. The minimum absolute atomic E-state index is 0. The molecular formula is C33H57IN2O5. The van der Waals surface area contributed by atoms with Crippen LogP contribution in [-0.2, 0) is 32.1 Å². The summed E-state index contributed by atoms with van der Waals surface area (Å²) in [7, 11) is 0. The first-order valence-electron chi connectivity index (χ1n) is 16.2. The summed E-state index contributed by atoms with van der Waals surface area (Å²) in [6, 6.07) is 5.75. The third-order valence-corrected chi connectivity index (χ3v) is 7.85. The van der Waals surface area contributed by atoms with Crippen molar-refractivity contribution in [1.29, 1.82) is 0 Å². The number of carbonyl (C=O) groups excluding carboxylic acids is 2. The third-order valence-electron chi connectivity index (χ3n) is 7.85. The van der Waals surface area contributed by atoms with Gasteiger partial charge in [-0.2, -0.15) is 0 Å². The first-order valence-corrected chi connectivity index (χ1v) is 16.2. The molecule has 8 heteroatoms. The molecule has 7 nitrogen and oxygen atoms in total. The Bertz CT molecular complexity index is 825. The van der Waals surface area contributed by atoms with Crippen LogP contribution in [0.5, 0.6) is 0 Å². The van der Waals surface area contributed by atoms with Crippen molar-refractivity contribution in [1.82, 2.24) is 4.90 Å². The summed E-state index contributed by atoms with van der Waals surface area (Å²) in [5.74, 6) is -0.00860. The minimum atomic E-state index is -0.625. The van der Waals surface area contributed by atoms with Crippen LogP contribution in [0.4, 0.5) is 4.79 Å². The van der Waals surface area contributed by atoms with E-state index in [-0.39, 0.29) is 49.1 Å². The van der Waals surface area contributed by atoms with E-state index in [0.29, 0.717) is 19.1 Å². The van der Waals surface area contributed by atoms with Crippen LogP contribution < -0.4 is 28.5 Å². The number of rotatable bonds is 22. The fourth-order valence-electron chi connectivity index (χ4n) is 5.33. The summed E-state index contributed by atoms with van der Waals surface area (Å²) >= 11 is 0. The van der Waals surface area contributed by atoms with E-state index in [0.717, 1.165) is 36.6 Å². The van der Waals surface area contributed by atoms with Gasteiger partial charge < -0.3 is 38.2 Å². The Morgan fingerprint density at radius 1 is 0.902 bits per heavy atom. The van der Waals surface area contributed by atoms with E-state index < -0.39 is 6.09 Å². The lowest BCUT2D eigenvalue weighted by Crippen LogP contribution is -3.00. The summed E-state index contributed by atoms with van der Waals surface area (Å²) in [4.78, 5) is 25.9. The number of amides is 2. The van der Waals surface area contributed by atoms with Crippen LogP contribution in [0, 0.1) is 5.92 Å². The molecule has 236 valence electrons. The number of ether oxygens (including phenoxy) is 3. The van der Waals surface area contributed by atoms with Crippen molar-refractivity contribution in [3.63, 3.8) is 0 Å². The number of imide groups is 1. The molecule has 1 aromatic rings. The highest BCUT2D eigenvalue weighted by molar-refractivity contribution is 5.90. The largest absolute Gasteiger partial charge is 1.00 e. The standard InChI is InChI=1S/C33H57N2O5.HI/c1-4-6-7-8-9-10-11-12-13-14-15-16-17-20-23-38-26-30-24-32(39-27-30)28-40-33(37)35(29(3)36)25-31-21-18-19-22-34(31)5-2;/h18-19,21-22,30,32H,4-17,20,23-28H2,1-3H3;1H/q+1;/p-1. The highest BCUT2D eigenvalue weighted by atomic mass is 127. The van der Waals surface area contributed by atoms with Crippen LogP contribution in [0.3, 0.4) is 0 Å². The Labute approximate surface area is 267 Å². The van der Waals surface area contributed by atoms with Gasteiger partial charge in [0.1, 0.15) is 19.7 Å². The van der Waals surface area contributed by atoms with Gasteiger partial charge in [0.15, 0.2) is 6.20 Å². The molecule has 0 aliphatic carbocycles. The van der Waals surface area contributed by atoms with Crippen LogP contribution >= 0.6 is 0 Å². The normalized spacial score (nSPS) is 16.4. The van der Waals surface area contributed by atoms with Crippen molar-refractivity contribution < 1.29 is 52.3 Å². The molecule has 0 saturated carbocycles. The number of carbonyl (C=O) groups is 2. The van der Waals surface area contributed by atoms with Gasteiger partial charge in [-0.3, -0.25) is 4.79 Å². The summed E-state index contributed by atoms with van der Waals surface area (Å²) < 4.78 is 19.2. The lowest BCUT2D eigenvalue weighted by atomic mass is 10.0. The van der Waals surface area contributed by atoms with Gasteiger partial charge in [0.05, 0.1) is 19.3 Å². The molecule has 1 aliphatic heterocycles. The predicted octanol–water partition coefficient (Wildman–Crippen LogP) is 4.39. The smallest absolute Gasteiger partial charge is 0.417 e. The predicted molar refractivity (Wildman–Crippen MR) is 159 cm³/mol. The number of hydrogen-bond acceptors (Lipinski definition) is 5. The third kappa shape index (κ3) is 16.8. The van der Waals surface area contributed by atoms with Crippen molar-refractivity contribution in [3.05, 3.63) is 30.1 Å². The molecule has 2 amide bonds. The molecular weight excluding hydrogens is 631 g/mol. The second-order valence-corrected chi connectivity index (χ2v) is 11.4. The maximum Gasteiger partial charge on any atom is 0.417 e. The zero-order valence-corrected chi connectivity index (χ0v) is 28.3. The Morgan fingerprint density at radius 3 is 2.10 bits per heavy atom. The molecule has 1 aromatic heterocycles. The summed E-state index contributed by atoms with van der Waals surface area (Å²) in [6.45, 7) is 8.90. The lowest BCUT2D eigenvalue weighted by Gasteiger charge is -2.19. The molecule has 2 rings (SSSR count). The molecule has 2 atom stereocenters. The Morgan fingerprint density at radius 2 is 1.51 bits per heavy atom. The van der Waals surface area contributed by atoms with Gasteiger partial charge in [-0.25, -0.2) is 14.3 Å². The van der Waals surface area contributed by atoms with Crippen LogP contribution in [0.1, 0.15) is 123 Å². The second-order valence-electron chi connectivity index (χ2n) is 11.4. The van der Waals surface area contributed by atoms with Crippen LogP contribution in [-0.4, -0.2) is 49.4 Å². The lowest BCUT2D eigenvalue weighted by molar-refractivity contribution is -0.701. The highest BCUT2D eigenvalue weighted by Crippen LogP contribution is 2.21. The monoisotopic (exact) mass is 688 g/mol. The van der Waals surface area contributed by atoms with Crippen LogP contribution in [0.25, 0.3) is 0 Å². The van der Waals surface area contributed by atoms with Gasteiger partial charge in [-0.05, 0) is 19.8 Å². The van der Waals surface area contributed by atoms with E-state index in [1.54, 1.807) is 0 Å². The molecule has 2 unspecified atom stereocenters. The number of pyridine rings is 1. The van der Waals surface area contributed by atoms with Crippen LogP contribution in [0.15, 0.2) is 24.4 Å². The number of aromatic nitrogens is 1. The summed E-state index contributed by atoms with van der Waals surface area (Å²) in [6.07, 6.45) is 21.0. The van der Waals surface area contributed by atoms with Gasteiger partial charge in [0.25, 0.3) is 0 Å². The first kappa shape index (κ1) is 37.8. The van der Waals surface area contributed by atoms with Gasteiger partial charge in [-0.15, -0.1) is 0 Å². The van der Waals surface area contributed by atoms with Crippen LogP contribution in [0.2, 0.25) is 0 Å². The Balaban J connectivity index is 0.00000840. The summed E-state index contributed by atoms with van der Waals surface area (Å²) in [5, 5.41) is 0. The highest BCUT2D eigenvalue weighted by Gasteiger charge is 2.29. The minimum Gasteiger partial charge on any atom is -1.00 e. The van der Waals surface area contributed by atoms with Crippen molar-refractivity contribution >= 4 is 12.0 Å². The number of halogens is 1. The number of aryl methyl sites for hydroxylation is 1. The van der Waals surface area contributed by atoms with Crippen molar-refractivity contribution in [2.75, 3.05) is 26.4 Å². The zero-order valence-electron chi connectivity index (χ0n) is 26.1. The average molecular weight is 689 g/mol. The topological polar surface area (TPSA) is 69.0 Å². The quantitative estimate of drug-likeness (QED) is 0.103. The molecule has 1 aliphatic rings. The SMILES string of the molecule is CCCCCCCCCCCCCCCCOCC1COC(COC(=O)N(Cc2cccc[n+]2CC)C(C)=O)C1.[I-]. The number of unbranched alkanes of at least 4 members (excludes halogenated alkanes) is 13. The first-order chi connectivity index (χ1) is 19.5. The van der Waals surface area contributed by atoms with E-state index in [4.69, 9.17) is 14.2 Å². The van der Waals surface area contributed by atoms with Crippen molar-refractivity contribution in [2.24, 2.45) is 5.92 Å². The summed E-state index contributed by atoms with van der Waals surface area (Å²) in [5.41, 5.74) is 0.880. The Kier molecular flexibility index (Phi) is 22.3. The molecule has 0 spiro atoms. The van der Waals surface area contributed by atoms with E-state index in [2.05, 4.69) is 6.92 Å². The molecule has 41 heavy (non-hydrogen) atoms. The molecule has 2 heterocycles. The molecule has 0 N–H and O–H groups in total. The van der Waals surface area contributed by atoms with Gasteiger partial charge >= 0.3 is 6.09 Å². The van der Waals surface area contributed by atoms with E-state index >= 15 is 0 Å².